The number of hydrogen-bond donors (Lipinski definition) is 3. The van der Waals surface area contributed by atoms with Crippen molar-refractivity contribution in [2.45, 2.75) is 37.8 Å². The molecule has 0 radical (unpaired) electrons. The predicted molar refractivity (Wildman–Crippen MR) is 54.7 cm³/mol. The molecule has 0 aromatic heterocycles. The van der Waals surface area contributed by atoms with Crippen LogP contribution in [0, 0.1) is 5.92 Å². The van der Waals surface area contributed by atoms with Crippen LogP contribution >= 0.6 is 0 Å². The number of carbonyl (C=O) groups is 1. The van der Waals surface area contributed by atoms with Gasteiger partial charge in [0.1, 0.15) is 0 Å². The van der Waals surface area contributed by atoms with Crippen molar-refractivity contribution in [2.75, 3.05) is 13.1 Å². The lowest BCUT2D eigenvalue weighted by Gasteiger charge is -2.14. The molecule has 0 aromatic carbocycles. The summed E-state index contributed by atoms with van der Waals surface area (Å²) in [7, 11) is 0. The van der Waals surface area contributed by atoms with Crippen molar-refractivity contribution < 1.29 is 4.79 Å². The number of amides is 1. The molecule has 3 unspecified atom stereocenters. The van der Waals surface area contributed by atoms with E-state index in [-0.39, 0.29) is 5.91 Å². The minimum absolute atomic E-state index is 0.194. The van der Waals surface area contributed by atoms with Crippen LogP contribution in [0.4, 0.5) is 0 Å². The zero-order chi connectivity index (χ0) is 9.97. The normalized spacial score (nSPS) is 37.5. The molecule has 0 spiro atoms. The van der Waals surface area contributed by atoms with Gasteiger partial charge in [-0.1, -0.05) is 0 Å². The number of nitrogens with two attached hydrogens (primary N) is 1. The highest BCUT2D eigenvalue weighted by atomic mass is 16.1. The van der Waals surface area contributed by atoms with E-state index in [2.05, 4.69) is 10.6 Å². The third-order valence-corrected chi connectivity index (χ3v) is 3.23. The summed E-state index contributed by atoms with van der Waals surface area (Å²) in [5, 5.41) is 6.35. The van der Waals surface area contributed by atoms with Gasteiger partial charge in [0.25, 0.3) is 0 Å². The largest absolute Gasteiger partial charge is 0.356 e. The number of carbonyl (C=O) groups excluding carboxylic acids is 1. The van der Waals surface area contributed by atoms with E-state index in [0.717, 1.165) is 25.9 Å². The molecule has 0 bridgehead atoms. The van der Waals surface area contributed by atoms with Gasteiger partial charge in [0, 0.05) is 31.6 Å². The standard InChI is InChI=1S/C10H19N3O/c11-8-1-2-9(4-8)12-5-7-3-10(14)13-6-7/h7-9,12H,1-6,11H2,(H,13,14). The lowest BCUT2D eigenvalue weighted by atomic mass is 10.1. The quantitative estimate of drug-likeness (QED) is 0.576. The first-order valence-corrected chi connectivity index (χ1v) is 5.49. The van der Waals surface area contributed by atoms with Crippen molar-refractivity contribution in [3.05, 3.63) is 0 Å². The molecular weight excluding hydrogens is 178 g/mol. The van der Waals surface area contributed by atoms with E-state index in [1.165, 1.54) is 6.42 Å². The molecular formula is C10H19N3O. The Morgan fingerprint density at radius 2 is 2.36 bits per heavy atom. The molecule has 1 saturated carbocycles. The summed E-state index contributed by atoms with van der Waals surface area (Å²) in [5.74, 6) is 0.680. The van der Waals surface area contributed by atoms with Crippen LogP contribution in [0.2, 0.25) is 0 Å². The monoisotopic (exact) mass is 197 g/mol. The van der Waals surface area contributed by atoms with E-state index in [4.69, 9.17) is 5.73 Å². The summed E-state index contributed by atoms with van der Waals surface area (Å²) in [4.78, 5) is 10.9. The van der Waals surface area contributed by atoms with Gasteiger partial charge in [-0.2, -0.15) is 0 Å². The van der Waals surface area contributed by atoms with Crippen LogP contribution in [-0.2, 0) is 4.79 Å². The fourth-order valence-electron chi connectivity index (χ4n) is 2.34. The van der Waals surface area contributed by atoms with Crippen molar-refractivity contribution in [3.63, 3.8) is 0 Å². The lowest BCUT2D eigenvalue weighted by Crippen LogP contribution is -2.33. The van der Waals surface area contributed by atoms with E-state index in [1.807, 2.05) is 0 Å². The molecule has 1 aliphatic carbocycles. The molecule has 4 nitrogen and oxygen atoms in total. The molecule has 2 aliphatic rings. The van der Waals surface area contributed by atoms with Crippen LogP contribution in [0.5, 0.6) is 0 Å². The molecule has 3 atom stereocenters. The molecule has 80 valence electrons. The van der Waals surface area contributed by atoms with E-state index in [0.29, 0.717) is 24.4 Å². The molecule has 14 heavy (non-hydrogen) atoms. The van der Waals surface area contributed by atoms with Crippen molar-refractivity contribution in [3.8, 4) is 0 Å². The van der Waals surface area contributed by atoms with Crippen molar-refractivity contribution in [1.82, 2.24) is 10.6 Å². The zero-order valence-corrected chi connectivity index (χ0v) is 8.46. The van der Waals surface area contributed by atoms with Gasteiger partial charge >= 0.3 is 0 Å². The van der Waals surface area contributed by atoms with E-state index >= 15 is 0 Å². The van der Waals surface area contributed by atoms with Gasteiger partial charge in [-0.3, -0.25) is 4.79 Å². The molecule has 4 heteroatoms. The number of rotatable bonds is 3. The molecule has 4 N–H and O–H groups in total. The fraction of sp³-hybridized carbons (Fsp3) is 0.900. The summed E-state index contributed by atoms with van der Waals surface area (Å²) < 4.78 is 0. The Bertz CT molecular complexity index is 219. The maximum Gasteiger partial charge on any atom is 0.220 e. The first-order chi connectivity index (χ1) is 6.74. The summed E-state index contributed by atoms with van der Waals surface area (Å²) in [5.41, 5.74) is 5.82. The van der Waals surface area contributed by atoms with E-state index in [9.17, 15) is 4.79 Å². The topological polar surface area (TPSA) is 67.2 Å². The lowest BCUT2D eigenvalue weighted by molar-refractivity contribution is -0.119. The second-order valence-corrected chi connectivity index (χ2v) is 4.55. The Morgan fingerprint density at radius 1 is 1.50 bits per heavy atom. The minimum atomic E-state index is 0.194. The van der Waals surface area contributed by atoms with Gasteiger partial charge < -0.3 is 16.4 Å². The van der Waals surface area contributed by atoms with Crippen molar-refractivity contribution >= 4 is 5.91 Å². The first-order valence-electron chi connectivity index (χ1n) is 5.49. The van der Waals surface area contributed by atoms with Gasteiger partial charge in [0.05, 0.1) is 0 Å². The Hall–Kier alpha value is -0.610. The Morgan fingerprint density at radius 3 is 2.93 bits per heavy atom. The smallest absolute Gasteiger partial charge is 0.220 e. The minimum Gasteiger partial charge on any atom is -0.356 e. The summed E-state index contributed by atoms with van der Waals surface area (Å²) in [6, 6.07) is 0.969. The van der Waals surface area contributed by atoms with Gasteiger partial charge in [-0.25, -0.2) is 0 Å². The van der Waals surface area contributed by atoms with Gasteiger partial charge in [-0.05, 0) is 25.2 Å². The van der Waals surface area contributed by atoms with Crippen LogP contribution in [0.25, 0.3) is 0 Å². The maximum atomic E-state index is 10.9. The van der Waals surface area contributed by atoms with Crippen LogP contribution in [0.1, 0.15) is 25.7 Å². The van der Waals surface area contributed by atoms with Gasteiger partial charge in [-0.15, -0.1) is 0 Å². The molecule has 1 heterocycles. The fourth-order valence-corrected chi connectivity index (χ4v) is 2.34. The molecule has 0 aromatic rings. The second kappa shape index (κ2) is 4.28. The summed E-state index contributed by atoms with van der Waals surface area (Å²) >= 11 is 0. The summed E-state index contributed by atoms with van der Waals surface area (Å²) in [6.07, 6.45) is 4.11. The second-order valence-electron chi connectivity index (χ2n) is 4.55. The Labute approximate surface area is 84.6 Å². The Balaban J connectivity index is 1.65. The molecule has 1 amide bonds. The summed E-state index contributed by atoms with van der Waals surface area (Å²) in [6.45, 7) is 1.79. The zero-order valence-electron chi connectivity index (χ0n) is 8.46. The maximum absolute atomic E-state index is 10.9. The van der Waals surface area contributed by atoms with Crippen molar-refractivity contribution in [2.24, 2.45) is 11.7 Å². The van der Waals surface area contributed by atoms with Crippen molar-refractivity contribution in [1.29, 1.82) is 0 Å². The van der Waals surface area contributed by atoms with Crippen LogP contribution in [0.3, 0.4) is 0 Å². The van der Waals surface area contributed by atoms with E-state index < -0.39 is 0 Å². The highest BCUT2D eigenvalue weighted by Gasteiger charge is 2.25. The third-order valence-electron chi connectivity index (χ3n) is 3.23. The van der Waals surface area contributed by atoms with E-state index in [1.54, 1.807) is 0 Å². The van der Waals surface area contributed by atoms with Gasteiger partial charge in [0.15, 0.2) is 0 Å². The molecule has 2 fully saturated rings. The highest BCUT2D eigenvalue weighted by Crippen LogP contribution is 2.17. The average Bonchev–Trinajstić information content (AvgIpc) is 2.72. The average molecular weight is 197 g/mol. The molecule has 2 rings (SSSR count). The van der Waals surface area contributed by atoms with Crippen LogP contribution in [0.15, 0.2) is 0 Å². The highest BCUT2D eigenvalue weighted by molar-refractivity contribution is 5.78. The number of nitrogens with one attached hydrogen (secondary N) is 2. The first kappa shape index (κ1) is 9.93. The Kier molecular flexibility index (Phi) is 3.03. The van der Waals surface area contributed by atoms with Crippen LogP contribution < -0.4 is 16.4 Å². The molecule has 1 saturated heterocycles. The predicted octanol–water partition coefficient (Wildman–Crippen LogP) is -0.408. The van der Waals surface area contributed by atoms with Crippen LogP contribution in [-0.4, -0.2) is 31.1 Å². The third kappa shape index (κ3) is 2.45. The number of hydrogen-bond acceptors (Lipinski definition) is 3. The van der Waals surface area contributed by atoms with Gasteiger partial charge in [0.2, 0.25) is 5.91 Å². The SMILES string of the molecule is NC1CCC(NCC2CNC(=O)C2)C1. The molecule has 1 aliphatic heterocycles.